The fourth-order valence-electron chi connectivity index (χ4n) is 3.22. The van der Waals surface area contributed by atoms with Crippen LogP contribution in [0.2, 0.25) is 0 Å². The molecule has 2 heterocycles. The highest BCUT2D eigenvalue weighted by Gasteiger charge is 2.35. The van der Waals surface area contributed by atoms with Gasteiger partial charge in [0.1, 0.15) is 0 Å². The summed E-state index contributed by atoms with van der Waals surface area (Å²) in [6, 6.07) is 0. The van der Waals surface area contributed by atoms with E-state index in [1.165, 1.54) is 38.8 Å². The van der Waals surface area contributed by atoms with Gasteiger partial charge in [-0.2, -0.15) is 0 Å². The Balaban J connectivity index is 1.88. The first-order chi connectivity index (χ1) is 8.18. The monoisotopic (exact) mass is 240 g/mol. The molecule has 3 heteroatoms. The first-order valence-electron chi connectivity index (χ1n) is 7.22. The van der Waals surface area contributed by atoms with Crippen LogP contribution in [-0.2, 0) is 4.74 Å². The van der Waals surface area contributed by atoms with Gasteiger partial charge in [-0.15, -0.1) is 0 Å². The van der Waals surface area contributed by atoms with Gasteiger partial charge in [-0.3, -0.25) is 0 Å². The van der Waals surface area contributed by atoms with Crippen LogP contribution >= 0.6 is 0 Å². The van der Waals surface area contributed by atoms with Crippen molar-refractivity contribution in [3.8, 4) is 0 Å². The van der Waals surface area contributed by atoms with Gasteiger partial charge < -0.3 is 15.4 Å². The Hall–Kier alpha value is -0.120. The van der Waals surface area contributed by atoms with Gasteiger partial charge in [0.05, 0.1) is 6.61 Å². The highest BCUT2D eigenvalue weighted by Crippen LogP contribution is 2.32. The van der Waals surface area contributed by atoms with Crippen LogP contribution < -0.4 is 10.6 Å². The summed E-state index contributed by atoms with van der Waals surface area (Å²) in [5.41, 5.74) is 0.705. The van der Waals surface area contributed by atoms with E-state index < -0.39 is 0 Å². The van der Waals surface area contributed by atoms with E-state index >= 15 is 0 Å². The molecule has 0 aromatic carbocycles. The van der Waals surface area contributed by atoms with Crippen LogP contribution in [0.5, 0.6) is 0 Å². The van der Waals surface area contributed by atoms with Crippen LogP contribution in [0, 0.1) is 5.41 Å². The largest absolute Gasteiger partial charge is 0.379 e. The van der Waals surface area contributed by atoms with E-state index in [0.717, 1.165) is 26.2 Å². The predicted octanol–water partition coefficient (Wildman–Crippen LogP) is 1.92. The smallest absolute Gasteiger partial charge is 0.0646 e. The second-order valence-electron chi connectivity index (χ2n) is 6.25. The van der Waals surface area contributed by atoms with Crippen molar-refractivity contribution in [3.05, 3.63) is 0 Å². The minimum absolute atomic E-state index is 0.220. The lowest BCUT2D eigenvalue weighted by Gasteiger charge is -2.40. The molecule has 17 heavy (non-hydrogen) atoms. The fraction of sp³-hybridized carbons (Fsp3) is 1.00. The summed E-state index contributed by atoms with van der Waals surface area (Å²) in [6.07, 6.45) is 6.48. The zero-order valence-electron chi connectivity index (χ0n) is 11.5. The fourth-order valence-corrected chi connectivity index (χ4v) is 3.22. The molecule has 0 aliphatic carbocycles. The molecule has 2 rings (SSSR count). The average Bonchev–Trinajstić information content (AvgIpc) is 2.76. The normalized spacial score (nSPS) is 38.5. The second kappa shape index (κ2) is 5.68. The number of nitrogens with one attached hydrogen (secondary N) is 2. The third-order valence-corrected chi connectivity index (χ3v) is 4.45. The van der Waals surface area contributed by atoms with Crippen LogP contribution in [0.25, 0.3) is 0 Å². The highest BCUT2D eigenvalue weighted by atomic mass is 16.5. The highest BCUT2D eigenvalue weighted by molar-refractivity contribution is 4.93. The lowest BCUT2D eigenvalue weighted by molar-refractivity contribution is 0.141. The third kappa shape index (κ3) is 3.43. The first-order valence-corrected chi connectivity index (χ1v) is 7.22. The molecule has 0 saturated carbocycles. The number of ether oxygens (including phenoxy) is 1. The van der Waals surface area contributed by atoms with E-state index in [0.29, 0.717) is 5.41 Å². The molecule has 2 saturated heterocycles. The zero-order valence-corrected chi connectivity index (χ0v) is 11.5. The van der Waals surface area contributed by atoms with Crippen molar-refractivity contribution in [2.24, 2.45) is 5.41 Å². The summed E-state index contributed by atoms with van der Waals surface area (Å²) in [7, 11) is 0. The Morgan fingerprint density at radius 1 is 1.35 bits per heavy atom. The number of piperidine rings is 1. The van der Waals surface area contributed by atoms with E-state index in [4.69, 9.17) is 4.74 Å². The van der Waals surface area contributed by atoms with E-state index in [2.05, 4.69) is 24.5 Å². The minimum atomic E-state index is 0.220. The first kappa shape index (κ1) is 13.3. The van der Waals surface area contributed by atoms with Gasteiger partial charge in [0.15, 0.2) is 0 Å². The Morgan fingerprint density at radius 3 is 2.82 bits per heavy atom. The molecule has 0 amide bonds. The Kier molecular flexibility index (Phi) is 4.45. The summed E-state index contributed by atoms with van der Waals surface area (Å²) in [4.78, 5) is 0. The molecule has 2 unspecified atom stereocenters. The van der Waals surface area contributed by atoms with Crippen molar-refractivity contribution in [2.75, 3.05) is 32.8 Å². The van der Waals surface area contributed by atoms with Crippen molar-refractivity contribution in [2.45, 2.75) is 51.5 Å². The lowest BCUT2D eigenvalue weighted by atomic mass is 9.76. The van der Waals surface area contributed by atoms with Crippen molar-refractivity contribution in [1.29, 1.82) is 0 Å². The summed E-state index contributed by atoms with van der Waals surface area (Å²) < 4.78 is 5.51. The number of rotatable bonds is 5. The van der Waals surface area contributed by atoms with Gasteiger partial charge in [-0.05, 0) is 44.6 Å². The van der Waals surface area contributed by atoms with Crippen LogP contribution in [0.4, 0.5) is 0 Å². The Morgan fingerprint density at radius 2 is 2.24 bits per heavy atom. The van der Waals surface area contributed by atoms with Gasteiger partial charge >= 0.3 is 0 Å². The summed E-state index contributed by atoms with van der Waals surface area (Å²) in [6.45, 7) is 9.93. The molecule has 100 valence electrons. The summed E-state index contributed by atoms with van der Waals surface area (Å²) in [5, 5.41) is 7.37. The number of hydrogen-bond acceptors (Lipinski definition) is 3. The lowest BCUT2D eigenvalue weighted by Crippen LogP contribution is -2.52. The number of hydrogen-bond donors (Lipinski definition) is 2. The summed E-state index contributed by atoms with van der Waals surface area (Å²) >= 11 is 0. The molecule has 0 bridgehead atoms. The molecular formula is C14H28N2O. The predicted molar refractivity (Wildman–Crippen MR) is 71.3 cm³/mol. The Labute approximate surface area is 106 Å². The van der Waals surface area contributed by atoms with Crippen molar-refractivity contribution in [1.82, 2.24) is 10.6 Å². The van der Waals surface area contributed by atoms with Crippen LogP contribution in [0.1, 0.15) is 46.0 Å². The van der Waals surface area contributed by atoms with Crippen LogP contribution in [0.15, 0.2) is 0 Å². The third-order valence-electron chi connectivity index (χ3n) is 4.45. The van der Waals surface area contributed by atoms with E-state index in [1.807, 2.05) is 0 Å². The minimum Gasteiger partial charge on any atom is -0.379 e. The maximum atomic E-state index is 5.51. The molecule has 3 nitrogen and oxygen atoms in total. The van der Waals surface area contributed by atoms with Gasteiger partial charge in [0.25, 0.3) is 0 Å². The SMILES string of the molecule is CCCC1(CNC2(C)CCOC2)CCCNC1. The van der Waals surface area contributed by atoms with Gasteiger partial charge in [-0.1, -0.05) is 13.3 Å². The quantitative estimate of drug-likeness (QED) is 0.770. The Bertz CT molecular complexity index is 225. The maximum absolute atomic E-state index is 5.51. The molecular weight excluding hydrogens is 212 g/mol. The van der Waals surface area contributed by atoms with Crippen LogP contribution in [0.3, 0.4) is 0 Å². The molecule has 2 fully saturated rings. The van der Waals surface area contributed by atoms with Crippen molar-refractivity contribution in [3.63, 3.8) is 0 Å². The van der Waals surface area contributed by atoms with E-state index in [-0.39, 0.29) is 5.54 Å². The van der Waals surface area contributed by atoms with E-state index in [9.17, 15) is 0 Å². The zero-order chi connectivity index (χ0) is 12.2. The topological polar surface area (TPSA) is 33.3 Å². The average molecular weight is 240 g/mol. The molecule has 2 atom stereocenters. The maximum Gasteiger partial charge on any atom is 0.0646 e. The molecule has 2 aliphatic heterocycles. The van der Waals surface area contributed by atoms with Crippen LogP contribution in [-0.4, -0.2) is 38.4 Å². The molecule has 2 aliphatic rings. The summed E-state index contributed by atoms with van der Waals surface area (Å²) in [5.74, 6) is 0. The molecule has 0 aromatic heterocycles. The van der Waals surface area contributed by atoms with Crippen molar-refractivity contribution < 1.29 is 4.74 Å². The molecule has 2 N–H and O–H groups in total. The van der Waals surface area contributed by atoms with Gasteiger partial charge in [0, 0.05) is 25.2 Å². The molecule has 0 aromatic rings. The van der Waals surface area contributed by atoms with Gasteiger partial charge in [0.2, 0.25) is 0 Å². The molecule has 0 radical (unpaired) electrons. The molecule has 0 spiro atoms. The standard InChI is InChI=1S/C14H28N2O/c1-3-5-14(6-4-8-15-10-14)11-16-13(2)7-9-17-12-13/h15-16H,3-12H2,1-2H3. The van der Waals surface area contributed by atoms with Crippen molar-refractivity contribution >= 4 is 0 Å². The second-order valence-corrected chi connectivity index (χ2v) is 6.25. The van der Waals surface area contributed by atoms with E-state index in [1.54, 1.807) is 0 Å². The van der Waals surface area contributed by atoms with Gasteiger partial charge in [-0.25, -0.2) is 0 Å².